The smallest absolute Gasteiger partial charge is 0.378 e. The average molecular weight is 272 g/mol. The minimum absolute atomic E-state index is 0.136. The summed E-state index contributed by atoms with van der Waals surface area (Å²) < 4.78 is 4.77. The van der Waals surface area contributed by atoms with Crippen molar-refractivity contribution >= 4 is 40.2 Å². The molecule has 0 saturated heterocycles. The Kier molecular flexibility index (Phi) is 3.40. The summed E-state index contributed by atoms with van der Waals surface area (Å²) >= 11 is 11.8. The molecule has 2 aromatic rings. The van der Waals surface area contributed by atoms with Crippen LogP contribution in [0.1, 0.15) is 17.5 Å². The fraction of sp³-hybridized carbons (Fsp3) is 0.200. The Morgan fingerprint density at radius 3 is 2.53 bits per heavy atom. The molecule has 0 aliphatic rings. The highest BCUT2D eigenvalue weighted by molar-refractivity contribution is 6.39. The molecule has 0 saturated carbocycles. The first kappa shape index (κ1) is 12.0. The van der Waals surface area contributed by atoms with Gasteiger partial charge in [0.1, 0.15) is 11.0 Å². The third-order valence-electron chi connectivity index (χ3n) is 1.97. The Morgan fingerprint density at radius 1 is 1.24 bits per heavy atom. The molecule has 17 heavy (non-hydrogen) atoms. The summed E-state index contributed by atoms with van der Waals surface area (Å²) in [7, 11) is 0. The summed E-state index contributed by atoms with van der Waals surface area (Å²) in [6, 6.07) is 3.17. The fourth-order valence-corrected chi connectivity index (χ4v) is 1.62. The lowest BCUT2D eigenvalue weighted by Crippen LogP contribution is -2.11. The van der Waals surface area contributed by atoms with E-state index in [9.17, 15) is 4.79 Å². The molecule has 0 spiro atoms. The highest BCUT2D eigenvalue weighted by Crippen LogP contribution is 2.25. The van der Waals surface area contributed by atoms with Crippen molar-refractivity contribution in [2.75, 3.05) is 6.61 Å². The number of nitrogens with zero attached hydrogens (tertiary/aromatic N) is 3. The van der Waals surface area contributed by atoms with E-state index >= 15 is 0 Å². The first-order valence-corrected chi connectivity index (χ1v) is 5.54. The van der Waals surface area contributed by atoms with E-state index in [-0.39, 0.29) is 12.4 Å². The van der Waals surface area contributed by atoms with Crippen LogP contribution in [-0.4, -0.2) is 27.8 Å². The maximum Gasteiger partial charge on any atom is 0.378 e. The maximum atomic E-state index is 11.4. The van der Waals surface area contributed by atoms with E-state index < -0.39 is 5.97 Å². The lowest BCUT2D eigenvalue weighted by molar-refractivity contribution is 0.0511. The Balaban J connectivity index is 2.57. The van der Waals surface area contributed by atoms with Crippen LogP contribution in [0.3, 0.4) is 0 Å². The number of ether oxygens (including phenoxy) is 1. The van der Waals surface area contributed by atoms with Crippen LogP contribution in [0.15, 0.2) is 12.1 Å². The summed E-state index contributed by atoms with van der Waals surface area (Å²) in [4.78, 5) is 15.4. The number of rotatable bonds is 2. The van der Waals surface area contributed by atoms with Crippen LogP contribution < -0.4 is 0 Å². The molecule has 0 N–H and O–H groups in total. The molecule has 2 rings (SSSR count). The van der Waals surface area contributed by atoms with Crippen LogP contribution in [0.4, 0.5) is 0 Å². The van der Waals surface area contributed by atoms with E-state index in [4.69, 9.17) is 27.9 Å². The predicted molar refractivity (Wildman–Crippen MR) is 63.3 cm³/mol. The van der Waals surface area contributed by atoms with E-state index in [1.807, 2.05) is 0 Å². The third-order valence-corrected chi connectivity index (χ3v) is 2.58. The molecule has 0 aliphatic heterocycles. The van der Waals surface area contributed by atoms with Crippen molar-refractivity contribution in [3.63, 3.8) is 0 Å². The Labute approximate surface area is 107 Å². The van der Waals surface area contributed by atoms with Crippen LogP contribution in [0, 0.1) is 0 Å². The first-order chi connectivity index (χ1) is 8.13. The summed E-state index contributed by atoms with van der Waals surface area (Å²) in [6.45, 7) is 1.93. The van der Waals surface area contributed by atoms with E-state index in [0.717, 1.165) is 0 Å². The normalized spacial score (nSPS) is 10.5. The molecule has 0 unspecified atom stereocenters. The van der Waals surface area contributed by atoms with Crippen molar-refractivity contribution in [2.45, 2.75) is 6.92 Å². The molecule has 1 aromatic heterocycles. The standard InChI is InChI=1S/C10H7Cl2N3O2/c1-2-17-10(16)9-13-7-5(11)3-4-6(12)8(7)14-15-9/h3-4H,2H2,1H3. The van der Waals surface area contributed by atoms with E-state index in [1.54, 1.807) is 19.1 Å². The molecule has 5 nitrogen and oxygen atoms in total. The second kappa shape index (κ2) is 4.81. The van der Waals surface area contributed by atoms with E-state index in [0.29, 0.717) is 21.1 Å². The molecule has 0 fully saturated rings. The number of hydrogen-bond donors (Lipinski definition) is 0. The predicted octanol–water partition coefficient (Wildman–Crippen LogP) is 2.51. The number of fused-ring (bicyclic) bond motifs is 1. The average Bonchev–Trinajstić information content (AvgIpc) is 2.34. The molecule has 0 bridgehead atoms. The van der Waals surface area contributed by atoms with Gasteiger partial charge in [-0.15, -0.1) is 10.2 Å². The molecule has 88 valence electrons. The zero-order valence-corrected chi connectivity index (χ0v) is 10.3. The molecule has 0 amide bonds. The third kappa shape index (κ3) is 2.30. The largest absolute Gasteiger partial charge is 0.460 e. The molecule has 0 radical (unpaired) electrons. The van der Waals surface area contributed by atoms with Gasteiger partial charge in [-0.05, 0) is 19.1 Å². The van der Waals surface area contributed by atoms with Crippen LogP contribution >= 0.6 is 23.2 Å². The SMILES string of the molecule is CCOC(=O)c1nnc2c(Cl)ccc(Cl)c2n1. The number of carbonyl (C=O) groups is 1. The van der Waals surface area contributed by atoms with Gasteiger partial charge in [-0.2, -0.15) is 0 Å². The van der Waals surface area contributed by atoms with Crippen molar-refractivity contribution in [1.29, 1.82) is 0 Å². The van der Waals surface area contributed by atoms with Crippen molar-refractivity contribution in [3.05, 3.63) is 28.0 Å². The molecule has 1 heterocycles. The molecule has 0 atom stereocenters. The minimum Gasteiger partial charge on any atom is -0.460 e. The second-order valence-corrected chi connectivity index (χ2v) is 3.90. The summed E-state index contributed by atoms with van der Waals surface area (Å²) in [5.41, 5.74) is 0.685. The number of carbonyl (C=O) groups excluding carboxylic acids is 1. The lowest BCUT2D eigenvalue weighted by atomic mass is 10.3. The second-order valence-electron chi connectivity index (χ2n) is 3.08. The Hall–Kier alpha value is -1.46. The summed E-state index contributed by atoms with van der Waals surface area (Å²) in [5, 5.41) is 8.19. The lowest BCUT2D eigenvalue weighted by Gasteiger charge is -2.03. The van der Waals surface area contributed by atoms with Gasteiger partial charge in [-0.3, -0.25) is 0 Å². The van der Waals surface area contributed by atoms with Crippen LogP contribution in [0.25, 0.3) is 11.0 Å². The number of esters is 1. The van der Waals surface area contributed by atoms with Gasteiger partial charge in [0.05, 0.1) is 16.7 Å². The number of halogens is 2. The van der Waals surface area contributed by atoms with Gasteiger partial charge in [0.25, 0.3) is 5.82 Å². The number of aromatic nitrogens is 3. The number of hydrogen-bond acceptors (Lipinski definition) is 5. The molecule has 7 heteroatoms. The maximum absolute atomic E-state index is 11.4. The Morgan fingerprint density at radius 2 is 1.88 bits per heavy atom. The van der Waals surface area contributed by atoms with Crippen molar-refractivity contribution in [2.24, 2.45) is 0 Å². The van der Waals surface area contributed by atoms with Crippen molar-refractivity contribution in [1.82, 2.24) is 15.2 Å². The van der Waals surface area contributed by atoms with Gasteiger partial charge in [0.15, 0.2) is 0 Å². The van der Waals surface area contributed by atoms with Crippen LogP contribution in [0.2, 0.25) is 10.0 Å². The highest BCUT2D eigenvalue weighted by atomic mass is 35.5. The summed E-state index contributed by atoms with van der Waals surface area (Å²) in [5.74, 6) is -0.776. The van der Waals surface area contributed by atoms with Crippen LogP contribution in [-0.2, 0) is 4.74 Å². The van der Waals surface area contributed by atoms with E-state index in [1.165, 1.54) is 0 Å². The molecular formula is C10H7Cl2N3O2. The number of benzene rings is 1. The minimum atomic E-state index is -0.641. The van der Waals surface area contributed by atoms with Gasteiger partial charge in [0, 0.05) is 0 Å². The zero-order chi connectivity index (χ0) is 12.4. The quantitative estimate of drug-likeness (QED) is 0.786. The van der Waals surface area contributed by atoms with Crippen LogP contribution in [0.5, 0.6) is 0 Å². The monoisotopic (exact) mass is 271 g/mol. The van der Waals surface area contributed by atoms with E-state index in [2.05, 4.69) is 15.2 Å². The molecule has 1 aromatic carbocycles. The molecular weight excluding hydrogens is 265 g/mol. The molecule has 0 aliphatic carbocycles. The highest BCUT2D eigenvalue weighted by Gasteiger charge is 2.14. The zero-order valence-electron chi connectivity index (χ0n) is 8.78. The first-order valence-electron chi connectivity index (χ1n) is 4.79. The topological polar surface area (TPSA) is 65.0 Å². The van der Waals surface area contributed by atoms with Gasteiger partial charge >= 0.3 is 5.97 Å². The van der Waals surface area contributed by atoms with Gasteiger partial charge < -0.3 is 4.74 Å². The van der Waals surface area contributed by atoms with Crippen molar-refractivity contribution in [3.8, 4) is 0 Å². The van der Waals surface area contributed by atoms with Gasteiger partial charge in [-0.1, -0.05) is 23.2 Å². The fourth-order valence-electron chi connectivity index (χ4n) is 1.24. The summed E-state index contributed by atoms with van der Waals surface area (Å²) in [6.07, 6.45) is 0. The van der Waals surface area contributed by atoms with Crippen molar-refractivity contribution < 1.29 is 9.53 Å². The Bertz CT molecular complexity index is 589. The van der Waals surface area contributed by atoms with Gasteiger partial charge in [-0.25, -0.2) is 9.78 Å². The van der Waals surface area contributed by atoms with Gasteiger partial charge in [0.2, 0.25) is 0 Å².